The van der Waals surface area contributed by atoms with Crippen molar-refractivity contribution in [1.82, 2.24) is 10.2 Å². The molecule has 4 fully saturated rings. The van der Waals surface area contributed by atoms with Gasteiger partial charge >= 0.3 is 0 Å². The minimum absolute atomic E-state index is 0.0928. The molecule has 1 saturated heterocycles. The van der Waals surface area contributed by atoms with Crippen LogP contribution in [0.25, 0.3) is 0 Å². The number of carbonyl (C=O) groups excluding carboxylic acids is 1. The first kappa shape index (κ1) is 23.6. The summed E-state index contributed by atoms with van der Waals surface area (Å²) in [5, 5.41) is 14.6. The summed E-state index contributed by atoms with van der Waals surface area (Å²) in [6, 6.07) is 5.32. The fraction of sp³-hybridized carbons (Fsp3) is 0.759. The molecule has 7 atom stereocenters. The molecule has 1 aromatic rings. The molecule has 1 aromatic carbocycles. The Morgan fingerprint density at radius 1 is 1.03 bits per heavy atom. The Kier molecular flexibility index (Phi) is 6.94. The lowest BCUT2D eigenvalue weighted by molar-refractivity contribution is -0.123. The monoisotopic (exact) mass is 482 g/mol. The highest BCUT2D eigenvalue weighted by Crippen LogP contribution is 2.55. The first-order valence-corrected chi connectivity index (χ1v) is 14.2. The number of carbonyl (C=O) groups is 1. The molecule has 6 heteroatoms. The van der Waals surface area contributed by atoms with Crippen LogP contribution < -0.4 is 14.8 Å². The quantitative estimate of drug-likeness (QED) is 0.578. The standard InChI is InChI=1S/C29H42N2O4/c32-28(8-5-21-15-20-13-19-3-6-24(21)23(14-19)16-20)30-25(18-31-9-1-2-10-31)29(33)22-4-7-26-27(17-22)35-12-11-34-26/h4,7,17,19-21,23-25,29,33H,1-3,5-6,8-16,18H2,(H,30,32)/t19?,20?,21?,23?,24?,25-,29-/m1/s1. The first-order valence-electron chi connectivity index (χ1n) is 14.2. The van der Waals surface area contributed by atoms with Crippen molar-refractivity contribution >= 4 is 5.91 Å². The van der Waals surface area contributed by atoms with Gasteiger partial charge in [-0.3, -0.25) is 4.79 Å². The van der Waals surface area contributed by atoms with Gasteiger partial charge in [-0.25, -0.2) is 0 Å². The number of hydrogen-bond donors (Lipinski definition) is 2. The molecule has 6 nitrogen and oxygen atoms in total. The summed E-state index contributed by atoms with van der Waals surface area (Å²) >= 11 is 0. The summed E-state index contributed by atoms with van der Waals surface area (Å²) in [5.74, 6) is 5.88. The van der Waals surface area contributed by atoms with Gasteiger partial charge in [-0.1, -0.05) is 12.5 Å². The molecule has 1 amide bonds. The molecule has 35 heavy (non-hydrogen) atoms. The zero-order valence-electron chi connectivity index (χ0n) is 21.0. The van der Waals surface area contributed by atoms with E-state index in [4.69, 9.17) is 9.47 Å². The van der Waals surface area contributed by atoms with E-state index in [1.807, 2.05) is 18.2 Å². The van der Waals surface area contributed by atoms with Crippen LogP contribution in [0.1, 0.15) is 75.9 Å². The Morgan fingerprint density at radius 3 is 2.69 bits per heavy atom. The van der Waals surface area contributed by atoms with Crippen LogP contribution >= 0.6 is 0 Å². The second-order valence-corrected chi connectivity index (χ2v) is 12.0. The summed E-state index contributed by atoms with van der Waals surface area (Å²) in [6.45, 7) is 3.82. The van der Waals surface area contributed by atoms with E-state index in [-0.39, 0.29) is 11.9 Å². The average Bonchev–Trinajstić information content (AvgIpc) is 3.38. The molecule has 192 valence electrons. The Bertz CT molecular complexity index is 895. The van der Waals surface area contributed by atoms with Gasteiger partial charge in [0.1, 0.15) is 19.3 Å². The number of aliphatic hydroxyl groups is 1. The van der Waals surface area contributed by atoms with Gasteiger partial charge < -0.3 is 24.8 Å². The van der Waals surface area contributed by atoms with Crippen molar-refractivity contribution in [2.45, 2.75) is 76.4 Å². The third-order valence-electron chi connectivity index (χ3n) is 9.73. The van der Waals surface area contributed by atoms with Crippen molar-refractivity contribution in [1.29, 1.82) is 0 Å². The maximum absolute atomic E-state index is 13.2. The SMILES string of the molecule is O=C(CCC1CC2CC3CCC1C(C3)C2)N[C@H](CN1CCCC1)[C@H](O)c1ccc2c(c1)OCCO2. The van der Waals surface area contributed by atoms with Crippen LogP contribution in [0.15, 0.2) is 18.2 Å². The zero-order chi connectivity index (χ0) is 23.8. The number of aliphatic hydroxyl groups excluding tert-OH is 1. The van der Waals surface area contributed by atoms with Crippen LogP contribution in [0.5, 0.6) is 11.5 Å². The van der Waals surface area contributed by atoms with Crippen LogP contribution in [0.4, 0.5) is 0 Å². The number of nitrogens with one attached hydrogen (secondary N) is 1. The highest BCUT2D eigenvalue weighted by molar-refractivity contribution is 5.76. The van der Waals surface area contributed by atoms with Crippen LogP contribution in [0.2, 0.25) is 0 Å². The molecule has 0 spiro atoms. The van der Waals surface area contributed by atoms with Gasteiger partial charge in [0.05, 0.1) is 6.04 Å². The van der Waals surface area contributed by atoms with Crippen molar-refractivity contribution in [3.05, 3.63) is 23.8 Å². The molecule has 2 N–H and O–H groups in total. The molecule has 2 heterocycles. The van der Waals surface area contributed by atoms with Crippen molar-refractivity contribution in [3.63, 3.8) is 0 Å². The highest BCUT2D eigenvalue weighted by atomic mass is 16.6. The molecule has 2 aliphatic heterocycles. The van der Waals surface area contributed by atoms with E-state index in [2.05, 4.69) is 10.2 Å². The molecule has 0 radical (unpaired) electrons. The molecule has 3 bridgehead atoms. The second-order valence-electron chi connectivity index (χ2n) is 12.0. The molecule has 0 aromatic heterocycles. The largest absolute Gasteiger partial charge is 0.486 e. The smallest absolute Gasteiger partial charge is 0.220 e. The number of likely N-dealkylation sites (tertiary alicyclic amines) is 1. The number of benzene rings is 1. The fourth-order valence-corrected chi connectivity index (χ4v) is 8.15. The van der Waals surface area contributed by atoms with Gasteiger partial charge in [-0.05, 0) is 112 Å². The van der Waals surface area contributed by atoms with Gasteiger partial charge in [-0.15, -0.1) is 0 Å². The van der Waals surface area contributed by atoms with Crippen LogP contribution in [0.3, 0.4) is 0 Å². The lowest BCUT2D eigenvalue weighted by Crippen LogP contribution is -2.47. The molecule has 3 aliphatic carbocycles. The van der Waals surface area contributed by atoms with Crippen LogP contribution in [-0.2, 0) is 4.79 Å². The zero-order valence-corrected chi connectivity index (χ0v) is 21.0. The Morgan fingerprint density at radius 2 is 1.83 bits per heavy atom. The predicted octanol–water partition coefficient (Wildman–Crippen LogP) is 4.31. The fourth-order valence-electron chi connectivity index (χ4n) is 8.15. The van der Waals surface area contributed by atoms with Crippen molar-refractivity contribution in [3.8, 4) is 11.5 Å². The van der Waals surface area contributed by atoms with Gasteiger partial charge in [0.15, 0.2) is 11.5 Å². The number of amides is 1. The average molecular weight is 483 g/mol. The number of hydrogen-bond acceptors (Lipinski definition) is 5. The van der Waals surface area contributed by atoms with Crippen LogP contribution in [0, 0.1) is 29.6 Å². The Hall–Kier alpha value is -1.79. The minimum Gasteiger partial charge on any atom is -0.486 e. The van der Waals surface area contributed by atoms with Crippen molar-refractivity contribution in [2.75, 3.05) is 32.8 Å². The van der Waals surface area contributed by atoms with Crippen molar-refractivity contribution in [2.24, 2.45) is 29.6 Å². The van der Waals surface area contributed by atoms with E-state index in [9.17, 15) is 9.90 Å². The van der Waals surface area contributed by atoms with Gasteiger partial charge in [0.2, 0.25) is 5.91 Å². The summed E-state index contributed by atoms with van der Waals surface area (Å²) in [5.41, 5.74) is 0.774. The highest BCUT2D eigenvalue weighted by Gasteiger charge is 2.45. The lowest BCUT2D eigenvalue weighted by atomic mass is 9.53. The third kappa shape index (κ3) is 5.20. The minimum atomic E-state index is -0.778. The number of nitrogens with zero attached hydrogens (tertiary/aromatic N) is 1. The Labute approximate surface area is 209 Å². The molecule has 3 saturated carbocycles. The summed E-state index contributed by atoms with van der Waals surface area (Å²) in [6.07, 6.45) is 11.6. The summed E-state index contributed by atoms with van der Waals surface area (Å²) in [7, 11) is 0. The van der Waals surface area contributed by atoms with Crippen LogP contribution in [-0.4, -0.2) is 54.8 Å². The molecular weight excluding hydrogens is 440 g/mol. The first-order chi connectivity index (χ1) is 17.1. The van der Waals surface area contributed by atoms with E-state index < -0.39 is 6.10 Å². The summed E-state index contributed by atoms with van der Waals surface area (Å²) in [4.78, 5) is 15.6. The predicted molar refractivity (Wildman–Crippen MR) is 134 cm³/mol. The Balaban J connectivity index is 1.10. The maximum Gasteiger partial charge on any atom is 0.220 e. The number of fused-ring (bicyclic) bond motifs is 3. The van der Waals surface area contributed by atoms with E-state index in [1.165, 1.54) is 51.4 Å². The third-order valence-corrected chi connectivity index (χ3v) is 9.73. The number of ether oxygens (including phenoxy) is 2. The normalized spacial score (nSPS) is 33.3. The second kappa shape index (κ2) is 10.3. The van der Waals surface area contributed by atoms with E-state index >= 15 is 0 Å². The van der Waals surface area contributed by atoms with E-state index in [0.717, 1.165) is 54.5 Å². The summed E-state index contributed by atoms with van der Waals surface area (Å²) < 4.78 is 11.4. The molecule has 5 unspecified atom stereocenters. The van der Waals surface area contributed by atoms with Gasteiger partial charge in [-0.2, -0.15) is 0 Å². The van der Waals surface area contributed by atoms with E-state index in [0.29, 0.717) is 37.8 Å². The molecule has 6 rings (SSSR count). The topological polar surface area (TPSA) is 71.0 Å². The number of rotatable bonds is 8. The van der Waals surface area contributed by atoms with Gasteiger partial charge in [0.25, 0.3) is 0 Å². The molecular formula is C29H42N2O4. The van der Waals surface area contributed by atoms with Crippen molar-refractivity contribution < 1.29 is 19.4 Å². The molecule has 5 aliphatic rings. The van der Waals surface area contributed by atoms with Gasteiger partial charge in [0, 0.05) is 13.0 Å². The maximum atomic E-state index is 13.2. The lowest BCUT2D eigenvalue weighted by Gasteiger charge is -2.52. The van der Waals surface area contributed by atoms with E-state index in [1.54, 1.807) is 0 Å².